The van der Waals surface area contributed by atoms with Crippen LogP contribution in [-0.2, 0) is 19.3 Å². The Kier molecular flexibility index (Phi) is 11.5. The zero-order chi connectivity index (χ0) is 31.1. The molecule has 1 aliphatic carbocycles. The van der Waals surface area contributed by atoms with Gasteiger partial charge >= 0.3 is 0 Å². The summed E-state index contributed by atoms with van der Waals surface area (Å²) >= 11 is 0. The maximum atomic E-state index is 15.9. The smallest absolute Gasteiger partial charge is 0.131 e. The van der Waals surface area contributed by atoms with Crippen LogP contribution in [0.3, 0.4) is 0 Å². The highest BCUT2D eigenvalue weighted by atomic mass is 19.1. The lowest BCUT2D eigenvalue weighted by molar-refractivity contribution is 0.172. The SMILES string of the molecule is CCc1cc(-c2ccc(-c3ccc(C4CCC(C)CC4)cc3F)cc2F)c(CC)c(CC)c1OCCC(CC)(CC)CC. The van der Waals surface area contributed by atoms with E-state index in [1.165, 1.54) is 24.5 Å². The quantitative estimate of drug-likeness (QED) is 0.193. The van der Waals surface area contributed by atoms with Crippen molar-refractivity contribution in [2.45, 2.75) is 125 Å². The van der Waals surface area contributed by atoms with E-state index in [1.807, 2.05) is 24.3 Å². The van der Waals surface area contributed by atoms with Gasteiger partial charge in [0.25, 0.3) is 0 Å². The fourth-order valence-corrected chi connectivity index (χ4v) is 7.44. The third-order valence-corrected chi connectivity index (χ3v) is 10.8. The molecule has 1 fully saturated rings. The molecule has 0 radical (unpaired) electrons. The molecule has 3 aromatic rings. The predicted molar refractivity (Wildman–Crippen MR) is 179 cm³/mol. The van der Waals surface area contributed by atoms with Crippen LogP contribution in [0.4, 0.5) is 8.78 Å². The summed E-state index contributed by atoms with van der Waals surface area (Å²) in [5, 5.41) is 0. The second-order valence-corrected chi connectivity index (χ2v) is 13.0. The molecule has 0 aliphatic heterocycles. The molecule has 4 rings (SSSR count). The monoisotopic (exact) mass is 588 g/mol. The van der Waals surface area contributed by atoms with Gasteiger partial charge in [-0.05, 0) is 107 Å². The zero-order valence-electron chi connectivity index (χ0n) is 27.8. The average molecular weight is 589 g/mol. The fraction of sp³-hybridized carbons (Fsp3) is 0.550. The van der Waals surface area contributed by atoms with Gasteiger partial charge in [0.1, 0.15) is 17.4 Å². The van der Waals surface area contributed by atoms with Crippen molar-refractivity contribution in [3.63, 3.8) is 0 Å². The predicted octanol–water partition coefficient (Wildman–Crippen LogP) is 12.3. The van der Waals surface area contributed by atoms with Gasteiger partial charge in [-0.2, -0.15) is 0 Å². The second-order valence-electron chi connectivity index (χ2n) is 13.0. The van der Waals surface area contributed by atoms with Gasteiger partial charge in [-0.3, -0.25) is 0 Å². The Balaban J connectivity index is 1.65. The minimum Gasteiger partial charge on any atom is -0.493 e. The largest absolute Gasteiger partial charge is 0.493 e. The molecule has 43 heavy (non-hydrogen) atoms. The lowest BCUT2D eigenvalue weighted by Gasteiger charge is -2.31. The molecular formula is C40H54F2O. The first-order valence-electron chi connectivity index (χ1n) is 17.1. The molecule has 0 N–H and O–H groups in total. The Morgan fingerprint density at radius 1 is 0.698 bits per heavy atom. The van der Waals surface area contributed by atoms with Crippen molar-refractivity contribution in [2.24, 2.45) is 11.3 Å². The van der Waals surface area contributed by atoms with Crippen molar-refractivity contribution in [3.05, 3.63) is 76.4 Å². The van der Waals surface area contributed by atoms with Gasteiger partial charge in [-0.1, -0.05) is 105 Å². The van der Waals surface area contributed by atoms with Crippen LogP contribution >= 0.6 is 0 Å². The van der Waals surface area contributed by atoms with Crippen molar-refractivity contribution in [1.29, 1.82) is 0 Å². The molecule has 0 amide bonds. The summed E-state index contributed by atoms with van der Waals surface area (Å²) in [4.78, 5) is 0. The van der Waals surface area contributed by atoms with E-state index in [0.717, 1.165) is 91.7 Å². The lowest BCUT2D eigenvalue weighted by Crippen LogP contribution is -2.21. The molecule has 0 spiro atoms. The van der Waals surface area contributed by atoms with E-state index < -0.39 is 0 Å². The molecule has 0 bridgehead atoms. The van der Waals surface area contributed by atoms with E-state index in [-0.39, 0.29) is 11.6 Å². The van der Waals surface area contributed by atoms with Gasteiger partial charge < -0.3 is 4.74 Å². The molecule has 0 unspecified atom stereocenters. The van der Waals surface area contributed by atoms with Crippen LogP contribution in [-0.4, -0.2) is 6.61 Å². The minimum atomic E-state index is -0.312. The van der Waals surface area contributed by atoms with Crippen LogP contribution in [0.15, 0.2) is 42.5 Å². The van der Waals surface area contributed by atoms with Crippen LogP contribution in [0.2, 0.25) is 0 Å². The topological polar surface area (TPSA) is 9.23 Å². The third-order valence-electron chi connectivity index (χ3n) is 10.8. The lowest BCUT2D eigenvalue weighted by atomic mass is 9.77. The Morgan fingerprint density at radius 2 is 1.33 bits per heavy atom. The molecule has 0 aromatic heterocycles. The summed E-state index contributed by atoms with van der Waals surface area (Å²) in [6.45, 7) is 16.3. The van der Waals surface area contributed by atoms with Crippen LogP contribution in [0.25, 0.3) is 22.3 Å². The summed E-state index contributed by atoms with van der Waals surface area (Å²) in [6, 6.07) is 12.9. The van der Waals surface area contributed by atoms with Crippen molar-refractivity contribution in [2.75, 3.05) is 6.61 Å². The van der Waals surface area contributed by atoms with E-state index in [9.17, 15) is 0 Å². The van der Waals surface area contributed by atoms with E-state index >= 15 is 8.78 Å². The first-order valence-corrected chi connectivity index (χ1v) is 17.1. The molecule has 0 saturated heterocycles. The van der Waals surface area contributed by atoms with E-state index in [4.69, 9.17) is 4.74 Å². The summed E-state index contributed by atoms with van der Waals surface area (Å²) in [5.41, 5.74) is 7.41. The zero-order valence-corrected chi connectivity index (χ0v) is 27.8. The highest BCUT2D eigenvalue weighted by Gasteiger charge is 2.26. The van der Waals surface area contributed by atoms with Crippen molar-refractivity contribution in [3.8, 4) is 28.0 Å². The summed E-state index contributed by atoms with van der Waals surface area (Å²) in [7, 11) is 0. The first kappa shape index (κ1) is 33.2. The van der Waals surface area contributed by atoms with Crippen molar-refractivity contribution >= 4 is 0 Å². The highest BCUT2D eigenvalue weighted by molar-refractivity contribution is 5.76. The van der Waals surface area contributed by atoms with Gasteiger partial charge in [-0.15, -0.1) is 0 Å². The molecule has 234 valence electrons. The van der Waals surface area contributed by atoms with E-state index in [0.29, 0.717) is 34.6 Å². The molecule has 0 heterocycles. The van der Waals surface area contributed by atoms with Crippen LogP contribution < -0.4 is 4.74 Å². The van der Waals surface area contributed by atoms with Crippen molar-refractivity contribution in [1.82, 2.24) is 0 Å². The molecule has 1 aliphatic rings. The molecule has 1 saturated carbocycles. The van der Waals surface area contributed by atoms with E-state index in [2.05, 4.69) is 54.5 Å². The normalized spacial score (nSPS) is 17.3. The van der Waals surface area contributed by atoms with Crippen LogP contribution in [0.5, 0.6) is 5.75 Å². The Morgan fingerprint density at radius 3 is 1.88 bits per heavy atom. The van der Waals surface area contributed by atoms with Gasteiger partial charge in [-0.25, -0.2) is 8.78 Å². The average Bonchev–Trinajstić information content (AvgIpc) is 3.03. The maximum Gasteiger partial charge on any atom is 0.131 e. The number of aryl methyl sites for hydroxylation is 1. The first-order chi connectivity index (χ1) is 20.7. The summed E-state index contributed by atoms with van der Waals surface area (Å²) in [6.07, 6.45) is 11.6. The summed E-state index contributed by atoms with van der Waals surface area (Å²) < 4.78 is 37.9. The van der Waals surface area contributed by atoms with Gasteiger partial charge in [0.15, 0.2) is 0 Å². The standard InChI is InChI=1S/C40H54F2O/c1-8-28-24-36(32(9-2)33(10-3)39(28)43-23-22-40(11-4,12-5)13-6)35-21-19-31(26-38(35)42)34-20-18-30(25-37(34)41)29-16-14-27(7)15-17-29/h18-21,24-27,29H,8-17,22-23H2,1-7H3. The second kappa shape index (κ2) is 14.9. The molecule has 1 nitrogen and oxygen atoms in total. The number of hydrogen-bond acceptors (Lipinski definition) is 1. The summed E-state index contributed by atoms with van der Waals surface area (Å²) in [5.74, 6) is 1.60. The Bertz CT molecular complexity index is 1350. The number of rotatable bonds is 13. The van der Waals surface area contributed by atoms with Gasteiger partial charge in [0.05, 0.1) is 6.61 Å². The fourth-order valence-electron chi connectivity index (χ4n) is 7.44. The number of hydrogen-bond donors (Lipinski definition) is 0. The highest BCUT2D eigenvalue weighted by Crippen LogP contribution is 2.41. The number of halogens is 2. The third kappa shape index (κ3) is 7.18. The minimum absolute atomic E-state index is 0.265. The van der Waals surface area contributed by atoms with E-state index in [1.54, 1.807) is 6.07 Å². The van der Waals surface area contributed by atoms with Crippen molar-refractivity contribution < 1.29 is 13.5 Å². The Hall–Kier alpha value is -2.68. The van der Waals surface area contributed by atoms with Crippen LogP contribution in [0.1, 0.15) is 128 Å². The molecule has 0 atom stereocenters. The van der Waals surface area contributed by atoms with Gasteiger partial charge in [0.2, 0.25) is 0 Å². The van der Waals surface area contributed by atoms with Crippen LogP contribution in [0, 0.1) is 23.0 Å². The Labute approximate surface area is 260 Å². The number of ether oxygens (including phenoxy) is 1. The molecule has 3 aromatic carbocycles. The molecular weight excluding hydrogens is 534 g/mol. The van der Waals surface area contributed by atoms with Gasteiger partial charge in [0, 0.05) is 11.1 Å². The number of benzene rings is 3. The molecule has 3 heteroatoms. The maximum absolute atomic E-state index is 15.9.